The standard InChI is InChI=1S/C26H29N5O4/c1-2-35-24-15-20-18(16-30(29-20)19-8-10-26(33,11-9-19)12-13-27)14-21(24)28-25(32)23-5-3-4-22(31(23)34)17-6-7-17/h3-5,14-17,19,33H,2,6-12H2,1H3,(H-,28,32,34)/p+1/t19-,26-. The minimum absolute atomic E-state index is 0.133. The van der Waals surface area contributed by atoms with Crippen LogP contribution in [0.5, 0.6) is 5.75 Å². The third-order valence-electron chi connectivity index (χ3n) is 7.06. The first kappa shape index (κ1) is 23.1. The van der Waals surface area contributed by atoms with Crippen molar-refractivity contribution in [3.8, 4) is 11.8 Å². The summed E-state index contributed by atoms with van der Waals surface area (Å²) in [5.41, 5.74) is 1.26. The first-order valence-electron chi connectivity index (χ1n) is 12.2. The number of nitriles is 1. The molecule has 0 atom stereocenters. The Morgan fingerprint density at radius 2 is 2.09 bits per heavy atom. The van der Waals surface area contributed by atoms with Gasteiger partial charge in [0.25, 0.3) is 0 Å². The molecule has 0 unspecified atom stereocenters. The van der Waals surface area contributed by atoms with Crippen molar-refractivity contribution in [1.82, 2.24) is 9.78 Å². The molecule has 0 spiro atoms. The highest BCUT2D eigenvalue weighted by atomic mass is 16.5. The summed E-state index contributed by atoms with van der Waals surface area (Å²) in [5.74, 6) is 0.379. The second kappa shape index (κ2) is 9.19. The Hall–Kier alpha value is -3.64. The lowest BCUT2D eigenvalue weighted by atomic mass is 9.80. The molecule has 3 aromatic rings. The van der Waals surface area contributed by atoms with E-state index in [1.54, 1.807) is 12.1 Å². The number of aliphatic hydroxyl groups is 1. The monoisotopic (exact) mass is 476 g/mol. The fraction of sp³-hybridized carbons (Fsp3) is 0.462. The van der Waals surface area contributed by atoms with Gasteiger partial charge in [-0.3, -0.25) is 14.7 Å². The minimum Gasteiger partial charge on any atom is -0.492 e. The van der Waals surface area contributed by atoms with Crippen LogP contribution in [0.25, 0.3) is 10.9 Å². The number of benzene rings is 1. The van der Waals surface area contributed by atoms with Crippen LogP contribution < -0.4 is 14.8 Å². The van der Waals surface area contributed by atoms with Gasteiger partial charge in [0, 0.05) is 40.4 Å². The third kappa shape index (κ3) is 4.66. The molecule has 1 aromatic carbocycles. The maximum Gasteiger partial charge on any atom is 0.325 e. The highest BCUT2D eigenvalue weighted by Gasteiger charge is 2.36. The van der Waals surface area contributed by atoms with E-state index in [9.17, 15) is 15.1 Å². The quantitative estimate of drug-likeness (QED) is 0.351. The number of nitrogens with one attached hydrogen (secondary N) is 1. The van der Waals surface area contributed by atoms with Crippen molar-refractivity contribution < 1.29 is 24.6 Å². The molecule has 2 saturated carbocycles. The molecule has 0 aliphatic heterocycles. The number of fused-ring (bicyclic) bond motifs is 1. The summed E-state index contributed by atoms with van der Waals surface area (Å²) in [6.45, 7) is 2.30. The predicted octanol–water partition coefficient (Wildman–Crippen LogP) is 3.85. The highest BCUT2D eigenvalue weighted by molar-refractivity contribution is 6.04. The van der Waals surface area contributed by atoms with E-state index in [2.05, 4.69) is 11.4 Å². The van der Waals surface area contributed by atoms with Crippen molar-refractivity contribution in [2.75, 3.05) is 11.9 Å². The number of amides is 1. The molecule has 35 heavy (non-hydrogen) atoms. The first-order valence-corrected chi connectivity index (χ1v) is 12.2. The van der Waals surface area contributed by atoms with Crippen LogP contribution in [0, 0.1) is 11.3 Å². The Balaban J connectivity index is 1.40. The summed E-state index contributed by atoms with van der Waals surface area (Å²) in [6.07, 6.45) is 6.73. The number of pyridine rings is 1. The van der Waals surface area contributed by atoms with Gasteiger partial charge in [0.2, 0.25) is 5.69 Å². The summed E-state index contributed by atoms with van der Waals surface area (Å²) in [7, 11) is 0. The Morgan fingerprint density at radius 3 is 2.77 bits per heavy atom. The van der Waals surface area contributed by atoms with Gasteiger partial charge in [0.1, 0.15) is 5.75 Å². The number of rotatable bonds is 7. The van der Waals surface area contributed by atoms with E-state index >= 15 is 0 Å². The average molecular weight is 477 g/mol. The maximum atomic E-state index is 13.1. The van der Waals surface area contributed by atoms with Crippen LogP contribution >= 0.6 is 0 Å². The molecule has 2 aliphatic rings. The third-order valence-corrected chi connectivity index (χ3v) is 7.06. The van der Waals surface area contributed by atoms with Gasteiger partial charge < -0.3 is 15.2 Å². The molecule has 5 rings (SSSR count). The number of nitrogens with zero attached hydrogens (tertiary/aromatic N) is 4. The number of ether oxygens (including phenoxy) is 1. The second-order valence-electron chi connectivity index (χ2n) is 9.62. The molecule has 2 aromatic heterocycles. The summed E-state index contributed by atoms with van der Waals surface area (Å²) in [4.78, 5) is 13.1. The van der Waals surface area contributed by atoms with Crippen molar-refractivity contribution in [1.29, 1.82) is 5.26 Å². The van der Waals surface area contributed by atoms with Gasteiger partial charge >= 0.3 is 11.6 Å². The molecule has 0 radical (unpaired) electrons. The number of carbonyl (C=O) groups excluding carboxylic acids is 1. The van der Waals surface area contributed by atoms with E-state index in [4.69, 9.17) is 15.1 Å². The number of hydrogen-bond donors (Lipinski definition) is 3. The lowest BCUT2D eigenvalue weighted by Gasteiger charge is -2.34. The van der Waals surface area contributed by atoms with Gasteiger partial charge in [-0.25, -0.2) is 0 Å². The summed E-state index contributed by atoms with van der Waals surface area (Å²) >= 11 is 0. The van der Waals surface area contributed by atoms with Gasteiger partial charge in [0.15, 0.2) is 0 Å². The smallest absolute Gasteiger partial charge is 0.325 e. The molecule has 182 valence electrons. The van der Waals surface area contributed by atoms with Crippen molar-refractivity contribution in [2.45, 2.75) is 69.4 Å². The number of anilines is 1. The molecule has 9 heteroatoms. The molecular weight excluding hydrogens is 446 g/mol. The lowest BCUT2D eigenvalue weighted by Crippen LogP contribution is -2.43. The SMILES string of the molecule is CCOc1cc2nn([C@H]3CC[C@@](O)(CC#N)CC3)cc2cc1NC(=O)c1cccc(C2CC2)[n+]1O. The Morgan fingerprint density at radius 1 is 1.31 bits per heavy atom. The Bertz CT molecular complexity index is 1300. The van der Waals surface area contributed by atoms with E-state index in [1.165, 1.54) is 0 Å². The summed E-state index contributed by atoms with van der Waals surface area (Å²) in [5, 5.41) is 38.6. The van der Waals surface area contributed by atoms with Crippen LogP contribution in [0.1, 0.15) is 80.0 Å². The molecule has 2 fully saturated rings. The van der Waals surface area contributed by atoms with E-state index in [1.807, 2.05) is 36.0 Å². The zero-order valence-electron chi connectivity index (χ0n) is 19.8. The molecule has 2 aliphatic carbocycles. The molecule has 0 bridgehead atoms. The molecule has 9 nitrogen and oxygen atoms in total. The van der Waals surface area contributed by atoms with Crippen LogP contribution in [0.2, 0.25) is 0 Å². The second-order valence-corrected chi connectivity index (χ2v) is 9.62. The Labute approximate surface area is 203 Å². The van der Waals surface area contributed by atoms with Gasteiger partial charge in [-0.2, -0.15) is 10.4 Å². The van der Waals surface area contributed by atoms with Crippen LogP contribution in [0.4, 0.5) is 5.69 Å². The summed E-state index contributed by atoms with van der Waals surface area (Å²) in [6, 6.07) is 11.1. The van der Waals surface area contributed by atoms with E-state index < -0.39 is 11.5 Å². The Kier molecular flexibility index (Phi) is 6.07. The van der Waals surface area contributed by atoms with Crippen molar-refractivity contribution in [3.05, 3.63) is 47.9 Å². The lowest BCUT2D eigenvalue weighted by molar-refractivity contribution is -0.910. The zero-order chi connectivity index (χ0) is 24.6. The fourth-order valence-electron chi connectivity index (χ4n) is 4.92. The van der Waals surface area contributed by atoms with Crippen LogP contribution in [-0.4, -0.2) is 38.2 Å². The van der Waals surface area contributed by atoms with Crippen LogP contribution in [0.15, 0.2) is 36.5 Å². The number of carbonyl (C=O) groups is 1. The number of aromatic nitrogens is 3. The van der Waals surface area contributed by atoms with Crippen molar-refractivity contribution in [2.24, 2.45) is 0 Å². The molecule has 2 heterocycles. The van der Waals surface area contributed by atoms with Gasteiger partial charge in [0.05, 0.1) is 41.9 Å². The van der Waals surface area contributed by atoms with E-state index in [-0.39, 0.29) is 18.2 Å². The van der Waals surface area contributed by atoms with Gasteiger partial charge in [-0.1, -0.05) is 0 Å². The normalized spacial score (nSPS) is 22.0. The van der Waals surface area contributed by atoms with Crippen LogP contribution in [-0.2, 0) is 0 Å². The summed E-state index contributed by atoms with van der Waals surface area (Å²) < 4.78 is 8.70. The first-order chi connectivity index (χ1) is 16.9. The zero-order valence-corrected chi connectivity index (χ0v) is 19.8. The van der Waals surface area contributed by atoms with Crippen molar-refractivity contribution in [3.63, 3.8) is 0 Å². The highest BCUT2D eigenvalue weighted by Crippen LogP contribution is 2.39. The number of hydrogen-bond acceptors (Lipinski definition) is 6. The van der Waals surface area contributed by atoms with E-state index in [0.717, 1.165) is 47.0 Å². The predicted molar refractivity (Wildman–Crippen MR) is 127 cm³/mol. The maximum absolute atomic E-state index is 13.1. The molecular formula is C26H30N5O4+. The fourth-order valence-corrected chi connectivity index (χ4v) is 4.92. The molecule has 1 amide bonds. The topological polar surface area (TPSA) is 124 Å². The largest absolute Gasteiger partial charge is 0.492 e. The van der Waals surface area contributed by atoms with E-state index in [0.29, 0.717) is 36.8 Å². The molecule has 0 saturated heterocycles. The molecule has 3 N–H and O–H groups in total. The average Bonchev–Trinajstić information content (AvgIpc) is 3.59. The van der Waals surface area contributed by atoms with Crippen LogP contribution in [0.3, 0.4) is 0 Å². The van der Waals surface area contributed by atoms with Gasteiger partial charge in [-0.15, -0.1) is 0 Å². The van der Waals surface area contributed by atoms with Crippen molar-refractivity contribution >= 4 is 22.5 Å². The van der Waals surface area contributed by atoms with Gasteiger partial charge in [-0.05, 0) is 57.6 Å². The minimum atomic E-state index is -0.905.